The molecule has 3 N–H and O–H groups in total. The molecule has 0 radical (unpaired) electrons. The van der Waals surface area contributed by atoms with Crippen LogP contribution in [0.15, 0.2) is 18.2 Å². The minimum absolute atomic E-state index is 0.141. The van der Waals surface area contributed by atoms with Crippen molar-refractivity contribution >= 4 is 46.0 Å². The van der Waals surface area contributed by atoms with Gasteiger partial charge in [0.2, 0.25) is 0 Å². The van der Waals surface area contributed by atoms with Crippen molar-refractivity contribution in [2.75, 3.05) is 38.7 Å². The first-order chi connectivity index (χ1) is 13.9. The number of benzene rings is 1. The number of carbonyl (C=O) groups is 3. The van der Waals surface area contributed by atoms with Crippen LogP contribution in [0.1, 0.15) is 30.3 Å². The number of fused-ring (bicyclic) bond motifs is 1. The van der Waals surface area contributed by atoms with E-state index in [9.17, 15) is 14.4 Å². The van der Waals surface area contributed by atoms with Gasteiger partial charge in [-0.1, -0.05) is 17.7 Å². The highest BCUT2D eigenvalue weighted by Gasteiger charge is 2.31. The van der Waals surface area contributed by atoms with Crippen LogP contribution < -0.4 is 10.2 Å². The van der Waals surface area contributed by atoms with E-state index < -0.39 is 5.97 Å². The Morgan fingerprint density at radius 3 is 2.86 bits per heavy atom. The quantitative estimate of drug-likeness (QED) is 0.611. The van der Waals surface area contributed by atoms with Crippen molar-refractivity contribution in [3.8, 4) is 0 Å². The molecule has 2 atom stereocenters. The smallest absolute Gasteiger partial charge is 0.356 e. The molecule has 1 fully saturated rings. The summed E-state index contributed by atoms with van der Waals surface area (Å²) in [5, 5.41) is 3.78. The summed E-state index contributed by atoms with van der Waals surface area (Å²) in [6.07, 6.45) is 1.62. The lowest BCUT2D eigenvalue weighted by Gasteiger charge is -2.28. The van der Waals surface area contributed by atoms with Crippen LogP contribution in [-0.4, -0.2) is 56.2 Å². The summed E-state index contributed by atoms with van der Waals surface area (Å²) < 4.78 is 9.93. The van der Waals surface area contributed by atoms with Gasteiger partial charge in [0.15, 0.2) is 6.54 Å². The first-order valence-corrected chi connectivity index (χ1v) is 10.0. The number of anilines is 1. The maximum Gasteiger partial charge on any atom is 0.356 e. The first kappa shape index (κ1) is 21.1. The van der Waals surface area contributed by atoms with E-state index in [4.69, 9.17) is 21.1 Å². The molecule has 8 nitrogen and oxygen atoms in total. The fourth-order valence-corrected chi connectivity index (χ4v) is 4.04. The van der Waals surface area contributed by atoms with Crippen LogP contribution in [0, 0.1) is 5.92 Å². The van der Waals surface area contributed by atoms with E-state index in [2.05, 4.69) is 10.3 Å². The van der Waals surface area contributed by atoms with Gasteiger partial charge >= 0.3 is 11.9 Å². The second-order valence-electron chi connectivity index (χ2n) is 7.05. The number of rotatable bonds is 6. The minimum Gasteiger partial charge on any atom is -0.466 e. The van der Waals surface area contributed by atoms with Gasteiger partial charge in [0.1, 0.15) is 11.6 Å². The van der Waals surface area contributed by atoms with E-state index >= 15 is 0 Å². The molecule has 2 heterocycles. The first-order valence-electron chi connectivity index (χ1n) is 9.63. The van der Waals surface area contributed by atoms with Crippen molar-refractivity contribution in [1.29, 1.82) is 0 Å². The third kappa shape index (κ3) is 4.71. The molecule has 0 bridgehead atoms. The number of quaternary nitrogens is 1. The Balaban J connectivity index is 1.76. The molecule has 1 amide bonds. The summed E-state index contributed by atoms with van der Waals surface area (Å²) in [7, 11) is 1.27. The van der Waals surface area contributed by atoms with Gasteiger partial charge in [-0.25, -0.2) is 4.79 Å². The third-order valence-corrected chi connectivity index (χ3v) is 5.39. The fourth-order valence-electron chi connectivity index (χ4n) is 3.77. The maximum atomic E-state index is 12.7. The number of ether oxygens (including phenoxy) is 2. The molecule has 0 aliphatic carbocycles. The molecule has 156 valence electrons. The number of hydrogen-bond donors (Lipinski definition) is 3. The Kier molecular flexibility index (Phi) is 6.76. The van der Waals surface area contributed by atoms with Crippen molar-refractivity contribution in [3.05, 3.63) is 28.9 Å². The summed E-state index contributed by atoms with van der Waals surface area (Å²) in [4.78, 5) is 40.9. The van der Waals surface area contributed by atoms with Crippen molar-refractivity contribution in [1.82, 2.24) is 4.98 Å². The number of nitrogens with one attached hydrogen (secondary N) is 3. The van der Waals surface area contributed by atoms with Crippen molar-refractivity contribution in [2.45, 2.75) is 19.8 Å². The zero-order valence-electron chi connectivity index (χ0n) is 16.5. The molecule has 9 heteroatoms. The molecule has 2 aromatic rings. The molecule has 3 rings (SSSR count). The molecule has 1 aliphatic rings. The van der Waals surface area contributed by atoms with Gasteiger partial charge in [-0.15, -0.1) is 0 Å². The minimum atomic E-state index is -0.597. The lowest BCUT2D eigenvalue weighted by atomic mass is 9.98. The lowest BCUT2D eigenvalue weighted by Crippen LogP contribution is -3.14. The summed E-state index contributed by atoms with van der Waals surface area (Å²) in [6.45, 7) is 3.65. The van der Waals surface area contributed by atoms with Gasteiger partial charge in [-0.3, -0.25) is 9.59 Å². The summed E-state index contributed by atoms with van der Waals surface area (Å²) >= 11 is 6.30. The standard InChI is InChI=1S/C20H24ClN3O5/c1-3-29-19(26)12-6-5-9-24(10-12)11-15(25)23-17-16-13(21)7-4-8-14(16)22-18(17)20(27)28-2/h4,7-8,12,22H,3,5-6,9-11H2,1-2H3,(H,23,25)/p+1/t12-/m0/s1. The molecule has 0 saturated carbocycles. The normalized spacial score (nSPS) is 19.0. The zero-order chi connectivity index (χ0) is 21.0. The summed E-state index contributed by atoms with van der Waals surface area (Å²) in [5.74, 6) is -1.27. The number of amides is 1. The Morgan fingerprint density at radius 2 is 2.14 bits per heavy atom. The van der Waals surface area contributed by atoms with Gasteiger partial charge in [0.05, 0.1) is 37.5 Å². The topological polar surface area (TPSA) is 102 Å². The van der Waals surface area contributed by atoms with Crippen LogP contribution in [0.4, 0.5) is 5.69 Å². The Bertz CT molecular complexity index is 926. The number of methoxy groups -OCH3 is 1. The van der Waals surface area contributed by atoms with Gasteiger partial charge < -0.3 is 24.7 Å². The lowest BCUT2D eigenvalue weighted by molar-refractivity contribution is -0.899. The van der Waals surface area contributed by atoms with E-state index in [-0.39, 0.29) is 30.0 Å². The number of aromatic amines is 1. The predicted octanol–water partition coefficient (Wildman–Crippen LogP) is 1.40. The molecule has 0 spiro atoms. The highest BCUT2D eigenvalue weighted by atomic mass is 35.5. The number of H-pyrrole nitrogens is 1. The van der Waals surface area contributed by atoms with Crippen LogP contribution in [0.25, 0.3) is 10.9 Å². The number of halogens is 1. The van der Waals surface area contributed by atoms with E-state index in [1.54, 1.807) is 25.1 Å². The van der Waals surface area contributed by atoms with Crippen molar-refractivity contribution < 1.29 is 28.8 Å². The predicted molar refractivity (Wildman–Crippen MR) is 108 cm³/mol. The van der Waals surface area contributed by atoms with Crippen LogP contribution in [0.3, 0.4) is 0 Å². The largest absolute Gasteiger partial charge is 0.466 e. The third-order valence-electron chi connectivity index (χ3n) is 5.08. The highest BCUT2D eigenvalue weighted by Crippen LogP contribution is 2.33. The zero-order valence-corrected chi connectivity index (χ0v) is 17.2. The van der Waals surface area contributed by atoms with Gasteiger partial charge in [0, 0.05) is 10.9 Å². The van der Waals surface area contributed by atoms with E-state index in [0.29, 0.717) is 34.8 Å². The molecule has 1 aliphatic heterocycles. The van der Waals surface area contributed by atoms with E-state index in [1.807, 2.05) is 0 Å². The van der Waals surface area contributed by atoms with E-state index in [0.717, 1.165) is 24.3 Å². The Hall–Kier alpha value is -2.58. The van der Waals surface area contributed by atoms with Crippen molar-refractivity contribution in [3.63, 3.8) is 0 Å². The molecule has 1 saturated heterocycles. The number of carbonyl (C=O) groups excluding carboxylic acids is 3. The number of hydrogen-bond acceptors (Lipinski definition) is 5. The summed E-state index contributed by atoms with van der Waals surface area (Å²) in [6, 6.07) is 5.21. The monoisotopic (exact) mass is 422 g/mol. The number of aromatic nitrogens is 1. The molecule has 1 aromatic carbocycles. The van der Waals surface area contributed by atoms with Crippen LogP contribution in [-0.2, 0) is 19.1 Å². The Labute approximate surface area is 173 Å². The highest BCUT2D eigenvalue weighted by molar-refractivity contribution is 6.37. The molecular weight excluding hydrogens is 398 g/mol. The average Bonchev–Trinajstić information content (AvgIpc) is 3.07. The van der Waals surface area contributed by atoms with Crippen LogP contribution in [0.5, 0.6) is 0 Å². The molecule has 1 aromatic heterocycles. The molecule has 29 heavy (non-hydrogen) atoms. The maximum absolute atomic E-state index is 12.7. The molecular formula is C20H25ClN3O5+. The van der Waals surface area contributed by atoms with Crippen LogP contribution >= 0.6 is 11.6 Å². The van der Waals surface area contributed by atoms with E-state index in [1.165, 1.54) is 7.11 Å². The van der Waals surface area contributed by atoms with Gasteiger partial charge in [-0.2, -0.15) is 0 Å². The number of likely N-dealkylation sites (tertiary alicyclic amines) is 1. The second kappa shape index (κ2) is 9.28. The number of piperidine rings is 1. The van der Waals surface area contributed by atoms with Crippen LogP contribution in [0.2, 0.25) is 5.02 Å². The SMILES string of the molecule is CCOC(=O)[C@H]1CCC[NH+](CC(=O)Nc2c(C(=O)OC)[nH]c3cccc(Cl)c23)C1. The van der Waals surface area contributed by atoms with Crippen molar-refractivity contribution in [2.24, 2.45) is 5.92 Å². The average molecular weight is 423 g/mol. The summed E-state index contributed by atoms with van der Waals surface area (Å²) in [5.41, 5.74) is 1.07. The molecule has 1 unspecified atom stereocenters. The number of esters is 2. The second-order valence-corrected chi connectivity index (χ2v) is 7.46. The van der Waals surface area contributed by atoms with Gasteiger partial charge in [0.25, 0.3) is 5.91 Å². The Morgan fingerprint density at radius 1 is 1.34 bits per heavy atom. The fraction of sp³-hybridized carbons (Fsp3) is 0.450. The van der Waals surface area contributed by atoms with Gasteiger partial charge in [-0.05, 0) is 31.9 Å².